The minimum atomic E-state index is 1.07. The molecule has 27 heavy (non-hydrogen) atoms. The van der Waals surface area contributed by atoms with Gasteiger partial charge in [-0.05, 0) is 94.4 Å². The summed E-state index contributed by atoms with van der Waals surface area (Å²) in [6, 6.07) is 23.5. The highest BCUT2D eigenvalue weighted by molar-refractivity contribution is 5.52. The van der Waals surface area contributed by atoms with Gasteiger partial charge in [0.15, 0.2) is 0 Å². The van der Waals surface area contributed by atoms with E-state index in [1.54, 1.807) is 10.4 Å². The predicted octanol–water partition coefficient (Wildman–Crippen LogP) is 4.86. The molecule has 4 aliphatic carbocycles. The van der Waals surface area contributed by atoms with Crippen molar-refractivity contribution in [3.63, 3.8) is 0 Å². The fourth-order valence-corrected chi connectivity index (χ4v) is 6.26. The van der Waals surface area contributed by atoms with Crippen LogP contribution in [0.25, 0.3) is 0 Å². The van der Waals surface area contributed by atoms with Gasteiger partial charge in [0.25, 0.3) is 0 Å². The van der Waals surface area contributed by atoms with Crippen LogP contribution in [-0.2, 0) is 19.3 Å². The summed E-state index contributed by atoms with van der Waals surface area (Å²) in [4.78, 5) is 0. The van der Waals surface area contributed by atoms with Gasteiger partial charge in [0.1, 0.15) is 0 Å². The molecule has 0 unspecified atom stereocenters. The highest BCUT2D eigenvalue weighted by Gasteiger charge is 2.22. The van der Waals surface area contributed by atoms with Crippen LogP contribution in [0.1, 0.15) is 33.4 Å². The van der Waals surface area contributed by atoms with Gasteiger partial charge in [0.2, 0.25) is 0 Å². The van der Waals surface area contributed by atoms with Crippen molar-refractivity contribution in [2.45, 2.75) is 19.3 Å². The van der Waals surface area contributed by atoms with Crippen molar-refractivity contribution in [3.05, 3.63) is 136 Å². The quantitative estimate of drug-likeness (QED) is 0.370. The van der Waals surface area contributed by atoms with Gasteiger partial charge >= 0.3 is 0 Å². The second-order valence-corrected chi connectivity index (χ2v) is 8.48. The summed E-state index contributed by atoms with van der Waals surface area (Å²) in [7, 11) is 0. The molecule has 0 aliphatic heterocycles. The van der Waals surface area contributed by atoms with Crippen LogP contribution >= 0.6 is 0 Å². The first-order valence-electron chi connectivity index (χ1n) is 9.93. The summed E-state index contributed by atoms with van der Waals surface area (Å²) in [5.41, 5.74) is 9.07. The lowest BCUT2D eigenvalue weighted by atomic mass is 10.0. The zero-order valence-electron chi connectivity index (χ0n) is 14.9. The monoisotopic (exact) mass is 340 g/mol. The van der Waals surface area contributed by atoms with E-state index in [0.29, 0.717) is 0 Å². The molecule has 0 heteroatoms. The zero-order chi connectivity index (χ0) is 17.3. The molecule has 8 rings (SSSR count). The smallest absolute Gasteiger partial charge is 0.00130 e. The molecule has 0 amide bonds. The van der Waals surface area contributed by atoms with Crippen molar-refractivity contribution in [2.24, 2.45) is 0 Å². The second kappa shape index (κ2) is 4.07. The number of rotatable bonds is 0. The Labute approximate surface area is 155 Å². The van der Waals surface area contributed by atoms with Crippen molar-refractivity contribution in [2.75, 3.05) is 0 Å². The first-order chi connectivity index (χ1) is 13.4. The van der Waals surface area contributed by atoms with Crippen molar-refractivity contribution < 1.29 is 0 Å². The summed E-state index contributed by atoms with van der Waals surface area (Å²) in [6.07, 6.45) is 3.23. The van der Waals surface area contributed by atoms with Crippen LogP contribution in [0, 0.1) is 41.7 Å². The number of hydrogen-bond donors (Lipinski definition) is 0. The third-order valence-electron chi connectivity index (χ3n) is 7.24. The Balaban J connectivity index is 2.05. The average molecular weight is 340 g/mol. The fraction of sp³-hybridized carbons (Fsp3) is 0.111. The molecule has 0 nitrogen and oxygen atoms in total. The van der Waals surface area contributed by atoms with E-state index in [0.717, 1.165) is 19.3 Å². The average Bonchev–Trinajstić information content (AvgIpc) is 3.35. The van der Waals surface area contributed by atoms with Crippen molar-refractivity contribution >= 4 is 0 Å². The second-order valence-electron chi connectivity index (χ2n) is 8.48. The predicted molar refractivity (Wildman–Crippen MR) is 105 cm³/mol. The largest absolute Gasteiger partial charge is 0.0613 e. The Hall–Kier alpha value is -3.12. The van der Waals surface area contributed by atoms with Gasteiger partial charge in [-0.2, -0.15) is 0 Å². The molecule has 0 atom stereocenters. The van der Waals surface area contributed by atoms with Crippen molar-refractivity contribution in [3.8, 4) is 0 Å². The molecule has 4 aromatic rings. The van der Waals surface area contributed by atoms with Gasteiger partial charge in [-0.25, -0.2) is 0 Å². The molecule has 0 fully saturated rings. The van der Waals surface area contributed by atoms with Crippen LogP contribution < -0.4 is 0 Å². The van der Waals surface area contributed by atoms with Gasteiger partial charge < -0.3 is 0 Å². The lowest BCUT2D eigenvalue weighted by Gasteiger charge is -2.01. The summed E-state index contributed by atoms with van der Waals surface area (Å²) in [5.74, 6) is 0. The minimum absolute atomic E-state index is 1.07. The van der Waals surface area contributed by atoms with Gasteiger partial charge in [-0.3, -0.25) is 0 Å². The highest BCUT2D eigenvalue weighted by Crippen LogP contribution is 2.34. The molecule has 0 spiro atoms. The zero-order valence-corrected chi connectivity index (χ0v) is 14.9. The first kappa shape index (κ1) is 13.1. The lowest BCUT2D eigenvalue weighted by molar-refractivity contribution is 1.18. The van der Waals surface area contributed by atoms with E-state index in [4.69, 9.17) is 0 Å². The van der Waals surface area contributed by atoms with E-state index in [-0.39, 0.29) is 0 Å². The molecule has 0 radical (unpaired) electrons. The maximum absolute atomic E-state index is 2.40. The molecule has 0 bridgehead atoms. The summed E-state index contributed by atoms with van der Waals surface area (Å²) in [5, 5.41) is 12.1. The van der Waals surface area contributed by atoms with E-state index < -0.39 is 0 Å². The molecular weight excluding hydrogens is 324 g/mol. The van der Waals surface area contributed by atoms with Crippen LogP contribution in [0.4, 0.5) is 0 Å². The van der Waals surface area contributed by atoms with Crippen LogP contribution in [0.2, 0.25) is 0 Å². The van der Waals surface area contributed by atoms with Crippen molar-refractivity contribution in [1.82, 2.24) is 0 Å². The standard InChI is InChI=1S/C27H16/c1-3-14-11-16-7-9-18-13-19-10-8-17-12-15-4-2-6-21-20(5-1)22(14)24(16)26(18)27(19)25(17)23(15)21/h1-10H,11-13H2/b21-20-. The maximum atomic E-state index is 2.40. The lowest BCUT2D eigenvalue weighted by Crippen LogP contribution is -1.89. The molecular formula is C27H16. The third kappa shape index (κ3) is 1.32. The summed E-state index contributed by atoms with van der Waals surface area (Å²) in [6.45, 7) is 0. The molecule has 4 aromatic carbocycles. The van der Waals surface area contributed by atoms with E-state index in [2.05, 4.69) is 60.7 Å². The Morgan fingerprint density at radius 1 is 0.333 bits per heavy atom. The molecule has 0 N–H and O–H groups in total. The van der Waals surface area contributed by atoms with Crippen LogP contribution in [0.15, 0.2) is 60.7 Å². The van der Waals surface area contributed by atoms with Gasteiger partial charge in [0.05, 0.1) is 0 Å². The molecule has 0 aromatic heterocycles. The third-order valence-corrected chi connectivity index (χ3v) is 7.24. The van der Waals surface area contributed by atoms with Crippen LogP contribution in [0.5, 0.6) is 0 Å². The highest BCUT2D eigenvalue weighted by atomic mass is 14.3. The van der Waals surface area contributed by atoms with E-state index in [1.165, 1.54) is 64.7 Å². The first-order valence-corrected chi connectivity index (χ1v) is 9.93. The summed E-state index contributed by atoms with van der Waals surface area (Å²) >= 11 is 0. The van der Waals surface area contributed by atoms with E-state index in [9.17, 15) is 0 Å². The Morgan fingerprint density at radius 2 is 0.667 bits per heavy atom. The molecule has 0 saturated heterocycles. The van der Waals surface area contributed by atoms with Crippen LogP contribution in [0.3, 0.4) is 0 Å². The Morgan fingerprint density at radius 3 is 1.07 bits per heavy atom. The van der Waals surface area contributed by atoms with Gasteiger partial charge in [-0.15, -0.1) is 0 Å². The molecule has 124 valence electrons. The van der Waals surface area contributed by atoms with Crippen molar-refractivity contribution in [1.29, 1.82) is 0 Å². The maximum Gasteiger partial charge on any atom is -0.00130 e. The topological polar surface area (TPSA) is 0 Å². The number of benzene rings is 4. The van der Waals surface area contributed by atoms with E-state index >= 15 is 0 Å². The Kier molecular flexibility index (Phi) is 1.98. The fourth-order valence-electron chi connectivity index (χ4n) is 6.26. The van der Waals surface area contributed by atoms with Crippen LogP contribution in [-0.4, -0.2) is 0 Å². The molecule has 0 saturated carbocycles. The van der Waals surface area contributed by atoms with E-state index in [1.807, 2.05) is 0 Å². The number of hydrogen-bond acceptors (Lipinski definition) is 0. The van der Waals surface area contributed by atoms with Gasteiger partial charge in [-0.1, -0.05) is 60.7 Å². The minimum Gasteiger partial charge on any atom is -0.0613 e. The van der Waals surface area contributed by atoms with Gasteiger partial charge in [0, 0.05) is 0 Å². The Bertz CT molecular complexity index is 1660. The SMILES string of the molecule is c1cc2c3/c(c1)=c1/cccc4c1=c1c(ccc5c1=c1c(ccc(c1=3)C2)C5)C4. The molecule has 0 heterocycles. The molecule has 4 aliphatic rings. The normalized spacial score (nSPS) is 16.3. The summed E-state index contributed by atoms with van der Waals surface area (Å²) < 4.78 is 0.